The number of hydrogen-bond acceptors (Lipinski definition) is 3. The van der Waals surface area contributed by atoms with Gasteiger partial charge in [0.25, 0.3) is 0 Å². The lowest BCUT2D eigenvalue weighted by Crippen LogP contribution is -1.92. The largest absolute Gasteiger partial charge is 0.388 e. The zero-order chi connectivity index (χ0) is 13.1. The van der Waals surface area contributed by atoms with Crippen LogP contribution in [-0.4, -0.2) is 22.0 Å². The molecule has 1 aromatic carbocycles. The third kappa shape index (κ3) is 2.33. The third-order valence-electron chi connectivity index (χ3n) is 2.98. The third-order valence-corrected chi connectivity index (χ3v) is 2.98. The quantitative estimate of drug-likeness (QED) is 0.750. The van der Waals surface area contributed by atoms with E-state index in [9.17, 15) is 0 Å². The highest BCUT2D eigenvalue weighted by atomic mass is 14.9. The number of nitrogens with one attached hydrogen (secondary N) is 2. The monoisotopic (exact) mass is 250 g/mol. The van der Waals surface area contributed by atoms with Gasteiger partial charge in [-0.25, -0.2) is 9.97 Å². The molecule has 94 valence electrons. The summed E-state index contributed by atoms with van der Waals surface area (Å²) in [5.41, 5.74) is 4.07. The number of aromatic amines is 1. The maximum atomic E-state index is 4.59. The molecule has 0 amide bonds. The molecule has 0 saturated heterocycles. The molecule has 3 rings (SSSR count). The van der Waals surface area contributed by atoms with E-state index in [0.717, 1.165) is 28.3 Å². The number of nitrogens with zero attached hydrogens (tertiary/aromatic N) is 2. The minimum Gasteiger partial charge on any atom is -0.388 e. The molecule has 2 N–H and O–H groups in total. The summed E-state index contributed by atoms with van der Waals surface area (Å²) in [6, 6.07) is 12.0. The lowest BCUT2D eigenvalue weighted by atomic mass is 10.1. The van der Waals surface area contributed by atoms with Gasteiger partial charge in [-0.15, -0.1) is 0 Å². The Morgan fingerprint density at radius 3 is 2.53 bits per heavy atom. The molecule has 0 bridgehead atoms. The van der Waals surface area contributed by atoms with Crippen molar-refractivity contribution in [2.45, 2.75) is 0 Å². The Balaban J connectivity index is 1.98. The van der Waals surface area contributed by atoms with Crippen molar-refractivity contribution in [3.63, 3.8) is 0 Å². The number of rotatable bonds is 3. The van der Waals surface area contributed by atoms with Gasteiger partial charge in [0.2, 0.25) is 0 Å². The molecule has 0 spiro atoms. The molecular weight excluding hydrogens is 236 g/mol. The zero-order valence-corrected chi connectivity index (χ0v) is 10.6. The lowest BCUT2D eigenvalue weighted by Gasteiger charge is -2.04. The summed E-state index contributed by atoms with van der Waals surface area (Å²) in [6.45, 7) is 0. The number of aromatic nitrogens is 3. The van der Waals surface area contributed by atoms with Gasteiger partial charge >= 0.3 is 0 Å². The number of hydrogen-bond donors (Lipinski definition) is 2. The highest BCUT2D eigenvalue weighted by Gasteiger charge is 2.04. The van der Waals surface area contributed by atoms with Crippen LogP contribution >= 0.6 is 0 Å². The van der Waals surface area contributed by atoms with E-state index in [1.807, 2.05) is 55.8 Å². The van der Waals surface area contributed by atoms with Gasteiger partial charge in [0.05, 0.1) is 5.69 Å². The summed E-state index contributed by atoms with van der Waals surface area (Å²) in [5.74, 6) is 0.737. The number of H-pyrrole nitrogens is 1. The Hall–Kier alpha value is -2.62. The first-order valence-electron chi connectivity index (χ1n) is 6.11. The molecule has 0 aliphatic rings. The highest BCUT2D eigenvalue weighted by Crippen LogP contribution is 2.21. The first-order chi connectivity index (χ1) is 9.36. The summed E-state index contributed by atoms with van der Waals surface area (Å²) < 4.78 is 0. The molecule has 4 nitrogen and oxygen atoms in total. The van der Waals surface area contributed by atoms with Crippen LogP contribution in [-0.2, 0) is 0 Å². The Kier molecular flexibility index (Phi) is 2.98. The molecule has 0 fully saturated rings. The zero-order valence-electron chi connectivity index (χ0n) is 10.6. The first-order valence-corrected chi connectivity index (χ1v) is 6.11. The molecule has 0 unspecified atom stereocenters. The standard InChI is InChI=1S/C15H14N4/c1-16-13-4-2-11(3-5-13)15-18-9-7-14(19-15)12-6-8-17-10-12/h2-10,16-17H,1H3. The topological polar surface area (TPSA) is 53.6 Å². The van der Waals surface area contributed by atoms with E-state index in [-0.39, 0.29) is 0 Å². The van der Waals surface area contributed by atoms with Crippen LogP contribution < -0.4 is 5.32 Å². The molecule has 2 aromatic heterocycles. The lowest BCUT2D eigenvalue weighted by molar-refractivity contribution is 1.18. The van der Waals surface area contributed by atoms with Crippen molar-refractivity contribution in [1.29, 1.82) is 0 Å². The summed E-state index contributed by atoms with van der Waals surface area (Å²) in [6.07, 6.45) is 5.60. The Morgan fingerprint density at radius 2 is 1.84 bits per heavy atom. The molecule has 0 aliphatic carbocycles. The van der Waals surface area contributed by atoms with E-state index < -0.39 is 0 Å². The predicted molar refractivity (Wildman–Crippen MR) is 76.8 cm³/mol. The summed E-state index contributed by atoms with van der Waals surface area (Å²) >= 11 is 0. The molecule has 0 radical (unpaired) electrons. The van der Waals surface area contributed by atoms with Gasteiger partial charge in [-0.3, -0.25) is 0 Å². The van der Waals surface area contributed by atoms with Gasteiger partial charge in [0.1, 0.15) is 0 Å². The fraction of sp³-hybridized carbons (Fsp3) is 0.0667. The maximum Gasteiger partial charge on any atom is 0.159 e. The minimum absolute atomic E-state index is 0.737. The fourth-order valence-electron chi connectivity index (χ4n) is 1.93. The van der Waals surface area contributed by atoms with E-state index >= 15 is 0 Å². The maximum absolute atomic E-state index is 4.59. The van der Waals surface area contributed by atoms with Crippen LogP contribution in [0.2, 0.25) is 0 Å². The molecule has 3 aromatic rings. The molecule has 2 heterocycles. The normalized spacial score (nSPS) is 10.4. The number of anilines is 1. The Labute approximate surface area is 111 Å². The van der Waals surface area contributed by atoms with Gasteiger partial charge in [-0.2, -0.15) is 0 Å². The molecular formula is C15H14N4. The second-order valence-electron chi connectivity index (χ2n) is 4.19. The smallest absolute Gasteiger partial charge is 0.159 e. The molecule has 0 atom stereocenters. The van der Waals surface area contributed by atoms with Gasteiger partial charge in [-0.05, 0) is 36.4 Å². The van der Waals surface area contributed by atoms with Crippen molar-refractivity contribution < 1.29 is 0 Å². The van der Waals surface area contributed by atoms with Crippen LogP contribution in [0.15, 0.2) is 55.0 Å². The first kappa shape index (κ1) is 11.5. The predicted octanol–water partition coefficient (Wildman–Crippen LogP) is 3.18. The molecule has 4 heteroatoms. The van der Waals surface area contributed by atoms with Crippen molar-refractivity contribution in [2.75, 3.05) is 12.4 Å². The summed E-state index contributed by atoms with van der Waals surface area (Å²) in [7, 11) is 1.90. The van der Waals surface area contributed by atoms with E-state index in [1.54, 1.807) is 6.20 Å². The summed E-state index contributed by atoms with van der Waals surface area (Å²) in [5, 5.41) is 3.09. The van der Waals surface area contributed by atoms with Gasteiger partial charge in [0, 0.05) is 42.5 Å². The second-order valence-corrected chi connectivity index (χ2v) is 4.19. The van der Waals surface area contributed by atoms with Crippen molar-refractivity contribution >= 4 is 5.69 Å². The highest BCUT2D eigenvalue weighted by molar-refractivity contribution is 5.64. The van der Waals surface area contributed by atoms with Crippen LogP contribution in [0.1, 0.15) is 0 Å². The van der Waals surface area contributed by atoms with Crippen molar-refractivity contribution in [2.24, 2.45) is 0 Å². The SMILES string of the molecule is CNc1ccc(-c2nccc(-c3cc[nH]c3)n2)cc1. The van der Waals surface area contributed by atoms with Crippen molar-refractivity contribution in [3.05, 3.63) is 55.0 Å². The van der Waals surface area contributed by atoms with Gasteiger partial charge in [0.15, 0.2) is 5.82 Å². The van der Waals surface area contributed by atoms with Crippen LogP contribution in [0.3, 0.4) is 0 Å². The van der Waals surface area contributed by atoms with Gasteiger partial charge < -0.3 is 10.3 Å². The fourth-order valence-corrected chi connectivity index (χ4v) is 1.93. The molecule has 19 heavy (non-hydrogen) atoms. The van der Waals surface area contributed by atoms with Crippen LogP contribution in [0, 0.1) is 0 Å². The van der Waals surface area contributed by atoms with E-state index in [2.05, 4.69) is 20.3 Å². The van der Waals surface area contributed by atoms with Crippen LogP contribution in [0.25, 0.3) is 22.6 Å². The Bertz CT molecular complexity index is 657. The minimum atomic E-state index is 0.737. The molecule has 0 saturated carbocycles. The average molecular weight is 250 g/mol. The molecule has 0 aliphatic heterocycles. The van der Waals surface area contributed by atoms with Gasteiger partial charge in [-0.1, -0.05) is 0 Å². The summed E-state index contributed by atoms with van der Waals surface area (Å²) in [4.78, 5) is 12.0. The van der Waals surface area contributed by atoms with E-state index in [1.165, 1.54) is 0 Å². The van der Waals surface area contributed by atoms with E-state index in [0.29, 0.717) is 0 Å². The van der Waals surface area contributed by atoms with Crippen LogP contribution in [0.4, 0.5) is 5.69 Å². The van der Waals surface area contributed by atoms with Crippen LogP contribution in [0.5, 0.6) is 0 Å². The van der Waals surface area contributed by atoms with Crippen molar-refractivity contribution in [1.82, 2.24) is 15.0 Å². The van der Waals surface area contributed by atoms with Crippen molar-refractivity contribution in [3.8, 4) is 22.6 Å². The average Bonchev–Trinajstić information content (AvgIpc) is 3.02. The second kappa shape index (κ2) is 4.94. The number of benzene rings is 1. The Morgan fingerprint density at radius 1 is 1.00 bits per heavy atom. The van der Waals surface area contributed by atoms with E-state index in [4.69, 9.17) is 0 Å².